The van der Waals surface area contributed by atoms with Gasteiger partial charge in [0.15, 0.2) is 0 Å². The maximum Gasteiger partial charge on any atom is 0.340 e. The quantitative estimate of drug-likeness (QED) is 0.733. The third-order valence-corrected chi connectivity index (χ3v) is 3.99. The first kappa shape index (κ1) is 16.0. The van der Waals surface area contributed by atoms with Gasteiger partial charge in [-0.25, -0.2) is 9.59 Å². The Bertz CT molecular complexity index is 599. The molecule has 2 rings (SSSR count). The van der Waals surface area contributed by atoms with Gasteiger partial charge >= 0.3 is 11.9 Å². The second-order valence-electron chi connectivity index (χ2n) is 3.65. The van der Waals surface area contributed by atoms with Crippen LogP contribution in [0.5, 0.6) is 0 Å². The van der Waals surface area contributed by atoms with Crippen molar-refractivity contribution >= 4 is 44.6 Å². The summed E-state index contributed by atoms with van der Waals surface area (Å²) in [5.74, 6) is -1.32. The lowest BCUT2D eigenvalue weighted by Gasteiger charge is -1.94. The number of hydrogen-bond acceptors (Lipinski definition) is 7. The zero-order valence-electron chi connectivity index (χ0n) is 10.9. The second kappa shape index (κ2) is 6.92. The fourth-order valence-corrected chi connectivity index (χ4v) is 2.75. The highest BCUT2D eigenvalue weighted by atomic mass is 32.1. The number of carbonyl (C=O) groups excluding carboxylic acids is 1. The van der Waals surface area contributed by atoms with Crippen LogP contribution in [0.4, 0.5) is 10.0 Å². The summed E-state index contributed by atoms with van der Waals surface area (Å²) >= 11 is 2.58. The number of aryl methyl sites for hydroxylation is 1. The van der Waals surface area contributed by atoms with Crippen molar-refractivity contribution < 1.29 is 19.4 Å². The van der Waals surface area contributed by atoms with E-state index in [0.29, 0.717) is 15.6 Å². The molecule has 20 heavy (non-hydrogen) atoms. The van der Waals surface area contributed by atoms with E-state index in [0.717, 1.165) is 5.56 Å². The monoisotopic (exact) mass is 314 g/mol. The van der Waals surface area contributed by atoms with Gasteiger partial charge in [-0.1, -0.05) is 0 Å². The first-order valence-corrected chi connectivity index (χ1v) is 7.12. The molecule has 108 valence electrons. The van der Waals surface area contributed by atoms with Gasteiger partial charge in [-0.3, -0.25) is 0 Å². The summed E-state index contributed by atoms with van der Waals surface area (Å²) in [6.07, 6.45) is 0. The zero-order chi connectivity index (χ0) is 15.3. The van der Waals surface area contributed by atoms with Gasteiger partial charge in [0.25, 0.3) is 0 Å². The molecule has 0 saturated heterocycles. The minimum absolute atomic E-state index is 0.241. The van der Waals surface area contributed by atoms with E-state index in [4.69, 9.17) is 16.6 Å². The number of methoxy groups -OCH3 is 1. The lowest BCUT2D eigenvalue weighted by molar-refractivity contribution is 0.0601. The van der Waals surface area contributed by atoms with Crippen molar-refractivity contribution in [2.24, 2.45) is 0 Å². The molecule has 0 atom stereocenters. The number of carboxylic acids is 1. The van der Waals surface area contributed by atoms with Crippen molar-refractivity contribution in [3.8, 4) is 0 Å². The number of nitrogen functional groups attached to an aromatic ring is 2. The molecule has 0 spiro atoms. The molecule has 0 fully saturated rings. The van der Waals surface area contributed by atoms with Crippen molar-refractivity contribution in [1.29, 1.82) is 0 Å². The van der Waals surface area contributed by atoms with Gasteiger partial charge in [-0.15, -0.1) is 22.7 Å². The molecule has 0 aromatic carbocycles. The summed E-state index contributed by atoms with van der Waals surface area (Å²) in [5, 5.41) is 12.9. The van der Waals surface area contributed by atoms with Crippen LogP contribution in [0.2, 0.25) is 0 Å². The van der Waals surface area contributed by atoms with Crippen LogP contribution < -0.4 is 11.5 Å². The average Bonchev–Trinajstić information content (AvgIpc) is 2.95. The number of aromatic carboxylic acids is 1. The fourth-order valence-electron chi connectivity index (χ4n) is 1.34. The molecule has 8 heteroatoms. The number of carboxylic acid groups (broad SMARTS) is 1. The van der Waals surface area contributed by atoms with Crippen molar-refractivity contribution in [2.45, 2.75) is 6.92 Å². The highest BCUT2D eigenvalue weighted by molar-refractivity contribution is 7.14. The number of esters is 1. The standard InChI is InChI=1S/2C6H7NO2S/c1-9-6(8)4-2-3-10-5(4)7;1-3-2-10-5(7)4(3)6(8)9/h2-3H,7H2,1H3;2H,7H2,1H3,(H,8,9). The second-order valence-corrected chi connectivity index (χ2v) is 5.51. The Balaban J connectivity index is 0.000000200. The van der Waals surface area contributed by atoms with E-state index in [-0.39, 0.29) is 11.5 Å². The van der Waals surface area contributed by atoms with Gasteiger partial charge < -0.3 is 21.3 Å². The van der Waals surface area contributed by atoms with Crippen molar-refractivity contribution in [1.82, 2.24) is 0 Å². The largest absolute Gasteiger partial charge is 0.478 e. The normalized spacial score (nSPS) is 9.50. The number of hydrogen-bond donors (Lipinski definition) is 3. The summed E-state index contributed by atoms with van der Waals surface area (Å²) in [5.41, 5.74) is 12.2. The summed E-state index contributed by atoms with van der Waals surface area (Å²) < 4.78 is 4.46. The first-order valence-electron chi connectivity index (χ1n) is 5.36. The minimum atomic E-state index is -0.948. The fraction of sp³-hybridized carbons (Fsp3) is 0.167. The predicted octanol–water partition coefficient (Wildman–Crippen LogP) is 2.45. The predicted molar refractivity (Wildman–Crippen MR) is 80.5 cm³/mol. The van der Waals surface area contributed by atoms with Gasteiger partial charge in [0.2, 0.25) is 0 Å². The molecule has 0 radical (unpaired) electrons. The van der Waals surface area contributed by atoms with Crippen LogP contribution in [0.1, 0.15) is 26.3 Å². The highest BCUT2D eigenvalue weighted by Gasteiger charge is 2.12. The van der Waals surface area contributed by atoms with Gasteiger partial charge in [-0.2, -0.15) is 0 Å². The third kappa shape index (κ3) is 3.72. The number of anilines is 2. The van der Waals surface area contributed by atoms with Gasteiger partial charge in [-0.05, 0) is 29.3 Å². The smallest absolute Gasteiger partial charge is 0.340 e. The van der Waals surface area contributed by atoms with Crippen LogP contribution in [0.25, 0.3) is 0 Å². The van der Waals surface area contributed by atoms with Gasteiger partial charge in [0, 0.05) is 0 Å². The molecule has 6 nitrogen and oxygen atoms in total. The Kier molecular flexibility index (Phi) is 5.53. The Morgan fingerprint density at radius 3 is 2.20 bits per heavy atom. The molecule has 0 amide bonds. The number of thiophene rings is 2. The van der Waals surface area contributed by atoms with E-state index in [1.54, 1.807) is 23.8 Å². The molecule has 5 N–H and O–H groups in total. The molecule has 2 aromatic rings. The number of carbonyl (C=O) groups is 2. The lowest BCUT2D eigenvalue weighted by Crippen LogP contribution is -2.01. The van der Waals surface area contributed by atoms with E-state index in [1.165, 1.54) is 29.8 Å². The summed E-state index contributed by atoms with van der Waals surface area (Å²) in [7, 11) is 1.33. The van der Waals surface area contributed by atoms with Crippen LogP contribution in [0, 0.1) is 6.92 Å². The topological polar surface area (TPSA) is 116 Å². The first-order chi connectivity index (χ1) is 9.38. The van der Waals surface area contributed by atoms with Crippen molar-refractivity contribution in [3.05, 3.63) is 33.5 Å². The minimum Gasteiger partial charge on any atom is -0.478 e. The Morgan fingerprint density at radius 2 is 1.90 bits per heavy atom. The van der Waals surface area contributed by atoms with E-state index in [9.17, 15) is 9.59 Å². The zero-order valence-corrected chi connectivity index (χ0v) is 12.5. The van der Waals surface area contributed by atoms with Crippen LogP contribution in [-0.4, -0.2) is 24.2 Å². The Hall–Kier alpha value is -2.06. The molecular formula is C12H14N2O4S2. The van der Waals surface area contributed by atoms with Crippen LogP contribution in [-0.2, 0) is 4.74 Å². The summed E-state index contributed by atoms with van der Waals surface area (Å²) in [6.45, 7) is 1.73. The van der Waals surface area contributed by atoms with Crippen LogP contribution >= 0.6 is 22.7 Å². The maximum absolute atomic E-state index is 10.8. The molecule has 0 bridgehead atoms. The lowest BCUT2D eigenvalue weighted by atomic mass is 10.2. The molecule has 0 aliphatic heterocycles. The highest BCUT2D eigenvalue weighted by Crippen LogP contribution is 2.23. The maximum atomic E-state index is 10.8. The summed E-state index contributed by atoms with van der Waals surface area (Å²) in [4.78, 5) is 21.2. The van der Waals surface area contributed by atoms with E-state index in [2.05, 4.69) is 4.74 Å². The Labute approximate surface area is 123 Å². The third-order valence-electron chi connectivity index (χ3n) is 2.32. The van der Waals surface area contributed by atoms with E-state index in [1.807, 2.05) is 0 Å². The van der Waals surface area contributed by atoms with Gasteiger partial charge in [0.1, 0.15) is 10.0 Å². The summed E-state index contributed by atoms with van der Waals surface area (Å²) in [6, 6.07) is 1.64. The van der Waals surface area contributed by atoms with Crippen molar-refractivity contribution in [2.75, 3.05) is 18.6 Å². The Morgan fingerprint density at radius 1 is 1.25 bits per heavy atom. The number of ether oxygens (including phenoxy) is 1. The average molecular weight is 314 g/mol. The van der Waals surface area contributed by atoms with Crippen LogP contribution in [0.15, 0.2) is 16.8 Å². The molecule has 2 heterocycles. The molecule has 0 unspecified atom stereocenters. The SMILES string of the molecule is COC(=O)c1ccsc1N.Cc1csc(N)c1C(=O)O. The number of nitrogens with two attached hydrogens (primary N) is 2. The van der Waals surface area contributed by atoms with Gasteiger partial charge in [0.05, 0.1) is 18.2 Å². The van der Waals surface area contributed by atoms with Crippen molar-refractivity contribution in [3.63, 3.8) is 0 Å². The molecule has 0 saturated carbocycles. The molecular weight excluding hydrogens is 300 g/mol. The van der Waals surface area contributed by atoms with E-state index >= 15 is 0 Å². The van der Waals surface area contributed by atoms with E-state index < -0.39 is 5.97 Å². The molecule has 0 aliphatic carbocycles. The van der Waals surface area contributed by atoms with Crippen LogP contribution in [0.3, 0.4) is 0 Å². The number of rotatable bonds is 2. The molecule has 0 aliphatic rings. The molecule has 2 aromatic heterocycles.